The van der Waals surface area contributed by atoms with Crippen LogP contribution in [0.15, 0.2) is 0 Å². The van der Waals surface area contributed by atoms with Crippen molar-refractivity contribution in [2.24, 2.45) is 5.92 Å². The first-order chi connectivity index (χ1) is 11.2. The molecule has 3 aliphatic rings. The molecule has 0 saturated carbocycles. The molecule has 3 saturated heterocycles. The zero-order valence-electron chi connectivity index (χ0n) is 12.6. The normalized spacial score (nSPS) is 36.9. The minimum atomic E-state index is -4.93. The Hall–Kier alpha value is -1.50. The number of hydrogen-bond donors (Lipinski definition) is 3. The van der Waals surface area contributed by atoms with Crippen LogP contribution in [0.4, 0.5) is 9.18 Å². The first-order valence-corrected chi connectivity index (χ1v) is 8.89. The summed E-state index contributed by atoms with van der Waals surface area (Å²) < 4.78 is 49.3. The van der Waals surface area contributed by atoms with Gasteiger partial charge in [-0.2, -0.15) is 13.5 Å². The summed E-state index contributed by atoms with van der Waals surface area (Å²) in [4.78, 5) is 25.5. The van der Waals surface area contributed by atoms with E-state index in [9.17, 15) is 27.5 Å². The second-order valence-electron chi connectivity index (χ2n) is 6.26. The highest BCUT2D eigenvalue weighted by Crippen LogP contribution is 2.45. The second kappa shape index (κ2) is 5.79. The fourth-order valence-electron chi connectivity index (χ4n) is 4.02. The number of carboxylic acid groups (broad SMARTS) is 1. The molecule has 2 amide bonds. The van der Waals surface area contributed by atoms with Crippen LogP contribution >= 0.6 is 0 Å². The molecule has 2 bridgehead atoms. The molecule has 136 valence electrons. The molecule has 0 radical (unpaired) electrons. The first-order valence-electron chi connectivity index (χ1n) is 7.53. The van der Waals surface area contributed by atoms with Crippen molar-refractivity contribution in [3.05, 3.63) is 0 Å². The van der Waals surface area contributed by atoms with Crippen molar-refractivity contribution in [3.63, 3.8) is 0 Å². The van der Waals surface area contributed by atoms with Crippen molar-refractivity contribution in [2.45, 2.75) is 37.0 Å². The standard InChI is InChI=1S/C12H18FN3O7S/c13-9-5-14-4-2-8(9)12(10(17)18)3-1-7-6-15(12)11(19)16(7)23-24(20,21)22/h7-9,14H,1-6H2,(H,17,18)(H,20,21,22)/t7-,8-,9-,12+/m1/s1. The predicted octanol–water partition coefficient (Wildman–Crippen LogP) is -0.608. The molecule has 0 aromatic carbocycles. The lowest BCUT2D eigenvalue weighted by Crippen LogP contribution is -2.65. The third-order valence-corrected chi connectivity index (χ3v) is 5.40. The molecular weight excluding hydrogens is 349 g/mol. The third-order valence-electron chi connectivity index (χ3n) is 5.05. The van der Waals surface area contributed by atoms with E-state index in [4.69, 9.17) is 4.55 Å². The van der Waals surface area contributed by atoms with Gasteiger partial charge in [0.05, 0.1) is 6.04 Å². The molecule has 3 fully saturated rings. The average molecular weight is 367 g/mol. The molecule has 3 aliphatic heterocycles. The molecule has 12 heteroatoms. The van der Waals surface area contributed by atoms with Crippen molar-refractivity contribution in [1.82, 2.24) is 15.3 Å². The van der Waals surface area contributed by atoms with E-state index in [1.807, 2.05) is 0 Å². The lowest BCUT2D eigenvalue weighted by atomic mass is 9.71. The molecule has 0 aromatic heterocycles. The molecule has 0 aliphatic carbocycles. The van der Waals surface area contributed by atoms with E-state index >= 15 is 0 Å². The molecular formula is C12H18FN3O7S. The minimum absolute atomic E-state index is 0.00358. The summed E-state index contributed by atoms with van der Waals surface area (Å²) in [6, 6.07) is -1.71. The molecule has 0 spiro atoms. The smallest absolute Gasteiger partial charge is 0.418 e. The molecule has 4 atom stereocenters. The van der Waals surface area contributed by atoms with Crippen molar-refractivity contribution >= 4 is 22.4 Å². The number of fused-ring (bicyclic) bond motifs is 2. The summed E-state index contributed by atoms with van der Waals surface area (Å²) in [7, 11) is -4.93. The number of piperidine rings is 2. The molecule has 0 unspecified atom stereocenters. The van der Waals surface area contributed by atoms with E-state index in [1.54, 1.807) is 0 Å². The quantitative estimate of drug-likeness (QED) is 0.560. The number of aliphatic carboxylic acids is 1. The van der Waals surface area contributed by atoms with Gasteiger partial charge in [-0.1, -0.05) is 0 Å². The number of hydroxylamine groups is 2. The summed E-state index contributed by atoms with van der Waals surface area (Å²) in [6.45, 7) is 0.324. The number of carbonyl (C=O) groups excluding carboxylic acids is 1. The number of urea groups is 1. The van der Waals surface area contributed by atoms with Gasteiger partial charge in [-0.25, -0.2) is 14.0 Å². The average Bonchev–Trinajstić information content (AvgIpc) is 2.73. The van der Waals surface area contributed by atoms with Crippen LogP contribution in [0.25, 0.3) is 0 Å². The molecule has 24 heavy (non-hydrogen) atoms. The molecule has 10 nitrogen and oxygen atoms in total. The number of carbonyl (C=O) groups is 2. The van der Waals surface area contributed by atoms with Crippen molar-refractivity contribution in [1.29, 1.82) is 0 Å². The number of rotatable bonds is 4. The van der Waals surface area contributed by atoms with Gasteiger partial charge in [-0.15, -0.1) is 4.28 Å². The Morgan fingerprint density at radius 2 is 2.12 bits per heavy atom. The Morgan fingerprint density at radius 1 is 1.42 bits per heavy atom. The maximum atomic E-state index is 14.4. The highest BCUT2D eigenvalue weighted by Gasteiger charge is 2.63. The maximum absolute atomic E-state index is 14.4. The Kier molecular flexibility index (Phi) is 4.18. The van der Waals surface area contributed by atoms with E-state index < -0.39 is 46.1 Å². The van der Waals surface area contributed by atoms with E-state index in [0.717, 1.165) is 4.90 Å². The number of nitrogens with zero attached hydrogens (tertiary/aromatic N) is 2. The number of carboxylic acids is 1. The van der Waals surface area contributed by atoms with Crippen molar-refractivity contribution < 1.29 is 36.3 Å². The van der Waals surface area contributed by atoms with E-state index in [0.29, 0.717) is 11.6 Å². The SMILES string of the molecule is O=C1N(OS(=O)(=O)O)[C@@H]2CC[C@@](C(=O)O)([C@@H]3CCNC[C@H]3F)N1C2. The van der Waals surface area contributed by atoms with E-state index in [-0.39, 0.29) is 32.4 Å². The van der Waals surface area contributed by atoms with Gasteiger partial charge < -0.3 is 15.3 Å². The van der Waals surface area contributed by atoms with Gasteiger partial charge in [0, 0.05) is 19.0 Å². The van der Waals surface area contributed by atoms with Crippen molar-refractivity contribution in [3.8, 4) is 0 Å². The van der Waals surface area contributed by atoms with Gasteiger partial charge in [-0.05, 0) is 25.8 Å². The molecule has 3 N–H and O–H groups in total. The molecule has 3 heterocycles. The minimum Gasteiger partial charge on any atom is -0.479 e. The number of nitrogens with one attached hydrogen (secondary N) is 1. The summed E-state index contributed by atoms with van der Waals surface area (Å²) in [5, 5.41) is 13.1. The lowest BCUT2D eigenvalue weighted by molar-refractivity contribution is -0.158. The lowest BCUT2D eigenvalue weighted by Gasteiger charge is -2.47. The Morgan fingerprint density at radius 3 is 2.71 bits per heavy atom. The van der Waals surface area contributed by atoms with E-state index in [2.05, 4.69) is 9.60 Å². The van der Waals surface area contributed by atoms with Gasteiger partial charge >= 0.3 is 22.4 Å². The number of halogens is 1. The number of amides is 2. The summed E-state index contributed by atoms with van der Waals surface area (Å²) in [5.41, 5.74) is -1.76. The second-order valence-corrected chi connectivity index (χ2v) is 7.26. The van der Waals surface area contributed by atoms with Gasteiger partial charge in [0.2, 0.25) is 0 Å². The van der Waals surface area contributed by atoms with E-state index in [1.165, 1.54) is 0 Å². The highest BCUT2D eigenvalue weighted by molar-refractivity contribution is 7.80. The molecule has 0 aromatic rings. The van der Waals surface area contributed by atoms with Crippen molar-refractivity contribution in [2.75, 3.05) is 19.6 Å². The van der Waals surface area contributed by atoms with Crippen LogP contribution in [0.2, 0.25) is 0 Å². The summed E-state index contributed by atoms with van der Waals surface area (Å²) in [6.07, 6.45) is -1.10. The monoisotopic (exact) mass is 367 g/mol. The zero-order valence-corrected chi connectivity index (χ0v) is 13.4. The fraction of sp³-hybridized carbons (Fsp3) is 0.833. The van der Waals surface area contributed by atoms with Crippen LogP contribution in [0.1, 0.15) is 19.3 Å². The van der Waals surface area contributed by atoms with Crippen LogP contribution < -0.4 is 5.32 Å². The maximum Gasteiger partial charge on any atom is 0.418 e. The molecule has 3 rings (SSSR count). The van der Waals surface area contributed by atoms with Gasteiger partial charge in [0.1, 0.15) is 11.7 Å². The van der Waals surface area contributed by atoms with Crippen LogP contribution in [-0.4, -0.2) is 77.4 Å². The largest absolute Gasteiger partial charge is 0.479 e. The third kappa shape index (κ3) is 2.62. The Balaban J connectivity index is 1.96. The summed E-state index contributed by atoms with van der Waals surface area (Å²) in [5.74, 6) is -2.23. The Bertz CT molecular complexity index is 659. The highest BCUT2D eigenvalue weighted by atomic mass is 32.3. The zero-order chi connectivity index (χ0) is 17.7. The topological polar surface area (TPSA) is 136 Å². The number of hydrogen-bond acceptors (Lipinski definition) is 6. The fourth-order valence-corrected chi connectivity index (χ4v) is 4.41. The van der Waals surface area contributed by atoms with Crippen LogP contribution in [0, 0.1) is 5.92 Å². The van der Waals surface area contributed by atoms with Crippen LogP contribution in [-0.2, 0) is 19.5 Å². The van der Waals surface area contributed by atoms with Gasteiger partial charge in [-0.3, -0.25) is 4.55 Å². The van der Waals surface area contributed by atoms with Crippen LogP contribution in [0.5, 0.6) is 0 Å². The van der Waals surface area contributed by atoms with Crippen LogP contribution in [0.3, 0.4) is 0 Å². The predicted molar refractivity (Wildman–Crippen MR) is 75.8 cm³/mol. The summed E-state index contributed by atoms with van der Waals surface area (Å²) >= 11 is 0. The van der Waals surface area contributed by atoms with Gasteiger partial charge in [0.25, 0.3) is 0 Å². The number of alkyl halides is 1. The first kappa shape index (κ1) is 17.3. The Labute approximate surface area is 137 Å². The van der Waals surface area contributed by atoms with Gasteiger partial charge in [0.15, 0.2) is 0 Å².